The van der Waals surface area contributed by atoms with Crippen LogP contribution in [0.15, 0.2) is 18.3 Å². The molecule has 1 unspecified atom stereocenters. The number of aromatic nitrogens is 1. The Hall–Kier alpha value is -1.13. The van der Waals surface area contributed by atoms with Crippen molar-refractivity contribution in [2.24, 2.45) is 0 Å². The third kappa shape index (κ3) is 4.97. The van der Waals surface area contributed by atoms with Gasteiger partial charge in [-0.3, -0.25) is 14.8 Å². The lowest BCUT2D eigenvalue weighted by molar-refractivity contribution is 0.0956. The number of piperazine rings is 1. The number of anilines is 1. The first kappa shape index (κ1) is 16.2. The molecule has 2 heterocycles. The van der Waals surface area contributed by atoms with E-state index in [1.165, 1.54) is 30.9 Å². The Labute approximate surface area is 129 Å². The topological polar surface area (TPSA) is 31.4 Å². The SMILES string of the molecule is CCCNc1ccnc(CN2CCN(C(C)CC)CC2)c1. The molecule has 118 valence electrons. The number of rotatable bonds is 7. The minimum absolute atomic E-state index is 0.715. The Kier molecular flexibility index (Phi) is 6.46. The Morgan fingerprint density at radius 2 is 2.00 bits per heavy atom. The number of pyridine rings is 1. The van der Waals surface area contributed by atoms with Crippen LogP contribution in [-0.2, 0) is 6.54 Å². The van der Waals surface area contributed by atoms with Gasteiger partial charge in [0.15, 0.2) is 0 Å². The Morgan fingerprint density at radius 3 is 2.67 bits per heavy atom. The fraction of sp³-hybridized carbons (Fsp3) is 0.706. The van der Waals surface area contributed by atoms with Crippen molar-refractivity contribution in [2.75, 3.05) is 38.0 Å². The lowest BCUT2D eigenvalue weighted by Gasteiger charge is -2.37. The highest BCUT2D eigenvalue weighted by Crippen LogP contribution is 2.13. The maximum atomic E-state index is 4.52. The van der Waals surface area contributed by atoms with Gasteiger partial charge in [0.1, 0.15) is 0 Å². The lowest BCUT2D eigenvalue weighted by atomic mass is 10.2. The van der Waals surface area contributed by atoms with Crippen molar-refractivity contribution in [1.29, 1.82) is 0 Å². The highest BCUT2D eigenvalue weighted by molar-refractivity contribution is 5.43. The Balaban J connectivity index is 1.83. The second-order valence-electron chi connectivity index (χ2n) is 6.03. The molecule has 0 aliphatic carbocycles. The van der Waals surface area contributed by atoms with Gasteiger partial charge in [-0.1, -0.05) is 13.8 Å². The summed E-state index contributed by atoms with van der Waals surface area (Å²) in [5, 5.41) is 3.43. The van der Waals surface area contributed by atoms with Crippen molar-refractivity contribution in [3.05, 3.63) is 24.0 Å². The second-order valence-corrected chi connectivity index (χ2v) is 6.03. The van der Waals surface area contributed by atoms with Gasteiger partial charge in [0, 0.05) is 57.2 Å². The van der Waals surface area contributed by atoms with E-state index in [4.69, 9.17) is 0 Å². The predicted molar refractivity (Wildman–Crippen MR) is 89.6 cm³/mol. The maximum absolute atomic E-state index is 4.52. The first-order chi connectivity index (χ1) is 10.2. The molecule has 0 saturated carbocycles. The molecule has 21 heavy (non-hydrogen) atoms. The van der Waals surface area contributed by atoms with Gasteiger partial charge in [-0.15, -0.1) is 0 Å². The molecule has 4 nitrogen and oxygen atoms in total. The van der Waals surface area contributed by atoms with E-state index in [1.54, 1.807) is 0 Å². The molecule has 0 bridgehead atoms. The number of hydrogen-bond acceptors (Lipinski definition) is 4. The average Bonchev–Trinajstić information content (AvgIpc) is 2.53. The maximum Gasteiger partial charge on any atom is 0.0564 e. The van der Waals surface area contributed by atoms with Crippen LogP contribution in [0.5, 0.6) is 0 Å². The second kappa shape index (κ2) is 8.35. The first-order valence-electron chi connectivity index (χ1n) is 8.38. The van der Waals surface area contributed by atoms with Crippen LogP contribution in [0.25, 0.3) is 0 Å². The van der Waals surface area contributed by atoms with Gasteiger partial charge in [0.2, 0.25) is 0 Å². The number of nitrogens with zero attached hydrogens (tertiary/aromatic N) is 3. The summed E-state index contributed by atoms with van der Waals surface area (Å²) >= 11 is 0. The van der Waals surface area contributed by atoms with Gasteiger partial charge in [0.25, 0.3) is 0 Å². The van der Waals surface area contributed by atoms with Crippen molar-refractivity contribution in [3.63, 3.8) is 0 Å². The predicted octanol–water partition coefficient (Wildman–Crippen LogP) is 2.82. The zero-order valence-electron chi connectivity index (χ0n) is 13.8. The molecule has 1 aromatic heterocycles. The minimum atomic E-state index is 0.715. The van der Waals surface area contributed by atoms with Gasteiger partial charge in [0.05, 0.1) is 5.69 Å². The van der Waals surface area contributed by atoms with Gasteiger partial charge >= 0.3 is 0 Å². The molecule has 0 spiro atoms. The molecule has 1 fully saturated rings. The van der Waals surface area contributed by atoms with E-state index in [-0.39, 0.29) is 0 Å². The fourth-order valence-corrected chi connectivity index (χ4v) is 2.79. The van der Waals surface area contributed by atoms with Crippen molar-refractivity contribution in [3.8, 4) is 0 Å². The summed E-state index contributed by atoms with van der Waals surface area (Å²) in [5.41, 5.74) is 2.37. The van der Waals surface area contributed by atoms with Crippen LogP contribution in [-0.4, -0.2) is 53.5 Å². The third-order valence-electron chi connectivity index (χ3n) is 4.40. The van der Waals surface area contributed by atoms with E-state index in [2.05, 4.69) is 53.0 Å². The van der Waals surface area contributed by atoms with Gasteiger partial charge in [-0.05, 0) is 31.9 Å². The highest BCUT2D eigenvalue weighted by atomic mass is 15.3. The highest BCUT2D eigenvalue weighted by Gasteiger charge is 2.20. The molecule has 4 heteroatoms. The fourth-order valence-electron chi connectivity index (χ4n) is 2.79. The molecule has 1 aliphatic heterocycles. The Morgan fingerprint density at radius 1 is 1.24 bits per heavy atom. The smallest absolute Gasteiger partial charge is 0.0564 e. The zero-order chi connectivity index (χ0) is 15.1. The first-order valence-corrected chi connectivity index (χ1v) is 8.38. The van der Waals surface area contributed by atoms with Crippen molar-refractivity contribution in [1.82, 2.24) is 14.8 Å². The summed E-state index contributed by atoms with van der Waals surface area (Å²) in [5.74, 6) is 0. The molecule has 1 N–H and O–H groups in total. The van der Waals surface area contributed by atoms with Crippen LogP contribution in [0.3, 0.4) is 0 Å². The van der Waals surface area contributed by atoms with Crippen LogP contribution in [0, 0.1) is 0 Å². The summed E-state index contributed by atoms with van der Waals surface area (Å²) in [6.45, 7) is 13.5. The van der Waals surface area contributed by atoms with E-state index in [9.17, 15) is 0 Å². The van der Waals surface area contributed by atoms with Gasteiger partial charge in [-0.25, -0.2) is 0 Å². The van der Waals surface area contributed by atoms with Crippen LogP contribution in [0.2, 0.25) is 0 Å². The number of hydrogen-bond donors (Lipinski definition) is 1. The molecule has 1 atom stereocenters. The Bertz CT molecular complexity index is 413. The summed E-state index contributed by atoms with van der Waals surface area (Å²) in [6.07, 6.45) is 4.31. The zero-order valence-corrected chi connectivity index (χ0v) is 13.8. The third-order valence-corrected chi connectivity index (χ3v) is 4.40. The van der Waals surface area contributed by atoms with Crippen molar-refractivity contribution >= 4 is 5.69 Å². The summed E-state index contributed by atoms with van der Waals surface area (Å²) in [6, 6.07) is 4.96. The van der Waals surface area contributed by atoms with Crippen LogP contribution in [0.1, 0.15) is 39.3 Å². The van der Waals surface area contributed by atoms with Crippen LogP contribution >= 0.6 is 0 Å². The average molecular weight is 290 g/mol. The lowest BCUT2D eigenvalue weighted by Crippen LogP contribution is -2.49. The van der Waals surface area contributed by atoms with Gasteiger partial charge < -0.3 is 5.32 Å². The molecule has 1 aromatic rings. The van der Waals surface area contributed by atoms with Gasteiger partial charge in [-0.2, -0.15) is 0 Å². The normalized spacial score (nSPS) is 18.6. The quantitative estimate of drug-likeness (QED) is 0.837. The van der Waals surface area contributed by atoms with E-state index in [0.717, 1.165) is 32.6 Å². The summed E-state index contributed by atoms with van der Waals surface area (Å²) in [4.78, 5) is 9.64. The molecule has 0 amide bonds. The number of nitrogens with one attached hydrogen (secondary N) is 1. The van der Waals surface area contributed by atoms with E-state index >= 15 is 0 Å². The standard InChI is InChI=1S/C17H30N4/c1-4-7-18-16-6-8-19-17(13-16)14-20-9-11-21(12-10-20)15(3)5-2/h6,8,13,15H,4-5,7,9-12,14H2,1-3H3,(H,18,19). The summed E-state index contributed by atoms with van der Waals surface area (Å²) in [7, 11) is 0. The van der Waals surface area contributed by atoms with Crippen LogP contribution in [0.4, 0.5) is 5.69 Å². The molecule has 2 rings (SSSR count). The molecule has 0 aromatic carbocycles. The molecule has 1 aliphatic rings. The summed E-state index contributed by atoms with van der Waals surface area (Å²) < 4.78 is 0. The van der Waals surface area contributed by atoms with E-state index in [0.29, 0.717) is 6.04 Å². The molecule has 0 radical (unpaired) electrons. The monoisotopic (exact) mass is 290 g/mol. The molecular formula is C17H30N4. The van der Waals surface area contributed by atoms with E-state index in [1.807, 2.05) is 6.20 Å². The van der Waals surface area contributed by atoms with Crippen LogP contribution < -0.4 is 5.32 Å². The van der Waals surface area contributed by atoms with E-state index < -0.39 is 0 Å². The molecule has 1 saturated heterocycles. The van der Waals surface area contributed by atoms with Crippen molar-refractivity contribution < 1.29 is 0 Å². The minimum Gasteiger partial charge on any atom is -0.385 e. The van der Waals surface area contributed by atoms with Crippen molar-refractivity contribution in [2.45, 2.75) is 46.2 Å². The molecular weight excluding hydrogens is 260 g/mol. The largest absolute Gasteiger partial charge is 0.385 e.